The van der Waals surface area contributed by atoms with Gasteiger partial charge in [0.1, 0.15) is 11.6 Å². The maximum Gasteiger partial charge on any atom is 0.309 e. The maximum absolute atomic E-state index is 13.5. The number of esters is 1. The number of benzene rings is 1. The Bertz CT molecular complexity index is 447. The second-order valence-electron chi connectivity index (χ2n) is 4.80. The number of aliphatic hydroxyl groups excluding tert-OH is 1. The third-order valence-corrected chi connectivity index (χ3v) is 3.01. The Kier molecular flexibility index (Phi) is 6.04. The third kappa shape index (κ3) is 4.25. The van der Waals surface area contributed by atoms with Crippen LogP contribution in [0.25, 0.3) is 0 Å². The molecule has 0 saturated carbocycles. The predicted octanol–water partition coefficient (Wildman–Crippen LogP) is 1.74. The summed E-state index contributed by atoms with van der Waals surface area (Å²) in [7, 11) is 2.95. The number of carbonyl (C=O) groups is 1. The Morgan fingerprint density at radius 2 is 1.90 bits per heavy atom. The Balaban J connectivity index is 2.66. The lowest BCUT2D eigenvalue weighted by molar-refractivity contribution is -0.145. The van der Waals surface area contributed by atoms with Gasteiger partial charge in [-0.1, -0.05) is 13.0 Å². The van der Waals surface area contributed by atoms with Crippen molar-refractivity contribution in [1.82, 2.24) is 4.90 Å². The van der Waals surface area contributed by atoms with E-state index < -0.39 is 17.7 Å². The number of carbonyl (C=O) groups excluding carboxylic acids is 1. The molecule has 2 unspecified atom stereocenters. The number of halogens is 2. The molecule has 0 fully saturated rings. The lowest BCUT2D eigenvalue weighted by Gasteiger charge is -2.23. The Labute approximate surface area is 117 Å². The van der Waals surface area contributed by atoms with Crippen molar-refractivity contribution in [1.29, 1.82) is 0 Å². The van der Waals surface area contributed by atoms with Crippen LogP contribution >= 0.6 is 0 Å². The summed E-state index contributed by atoms with van der Waals surface area (Å²) in [6, 6.07) is 3.43. The molecule has 1 N–H and O–H groups in total. The van der Waals surface area contributed by atoms with Gasteiger partial charge in [0, 0.05) is 13.1 Å². The highest BCUT2D eigenvalue weighted by Crippen LogP contribution is 2.21. The predicted molar refractivity (Wildman–Crippen MR) is 70.0 cm³/mol. The summed E-state index contributed by atoms with van der Waals surface area (Å²) >= 11 is 0. The van der Waals surface area contributed by atoms with E-state index in [2.05, 4.69) is 4.74 Å². The van der Waals surface area contributed by atoms with E-state index in [1.165, 1.54) is 13.2 Å². The molecule has 1 rings (SSSR count). The molecule has 2 atom stereocenters. The molecule has 0 saturated heterocycles. The van der Waals surface area contributed by atoms with Gasteiger partial charge in [-0.3, -0.25) is 4.79 Å². The van der Waals surface area contributed by atoms with Crippen molar-refractivity contribution in [2.24, 2.45) is 5.92 Å². The topological polar surface area (TPSA) is 49.8 Å². The first-order valence-electron chi connectivity index (χ1n) is 6.25. The van der Waals surface area contributed by atoms with Crippen LogP contribution in [0.1, 0.15) is 18.6 Å². The smallest absolute Gasteiger partial charge is 0.309 e. The highest BCUT2D eigenvalue weighted by molar-refractivity contribution is 5.72. The van der Waals surface area contributed by atoms with E-state index in [0.717, 1.165) is 12.1 Å². The summed E-state index contributed by atoms with van der Waals surface area (Å²) in [4.78, 5) is 12.9. The minimum absolute atomic E-state index is 0.0131. The van der Waals surface area contributed by atoms with Crippen LogP contribution in [0.15, 0.2) is 18.2 Å². The summed E-state index contributed by atoms with van der Waals surface area (Å²) in [5.41, 5.74) is -0.356. The van der Waals surface area contributed by atoms with Gasteiger partial charge in [-0.15, -0.1) is 0 Å². The number of hydrogen-bond acceptors (Lipinski definition) is 4. The first-order chi connectivity index (χ1) is 9.36. The van der Waals surface area contributed by atoms with E-state index in [9.17, 15) is 18.7 Å². The molecule has 4 nitrogen and oxygen atoms in total. The van der Waals surface area contributed by atoms with Crippen molar-refractivity contribution in [3.63, 3.8) is 0 Å². The number of nitrogens with zero attached hydrogens (tertiary/aromatic N) is 1. The summed E-state index contributed by atoms with van der Waals surface area (Å²) in [5.74, 6) is -2.33. The van der Waals surface area contributed by atoms with Gasteiger partial charge < -0.3 is 14.7 Å². The second-order valence-corrected chi connectivity index (χ2v) is 4.80. The molecule has 0 heterocycles. The van der Waals surface area contributed by atoms with Gasteiger partial charge in [0.25, 0.3) is 0 Å². The molecule has 0 bridgehead atoms. The van der Waals surface area contributed by atoms with E-state index in [0.29, 0.717) is 6.54 Å². The van der Waals surface area contributed by atoms with E-state index in [1.54, 1.807) is 18.9 Å². The quantitative estimate of drug-likeness (QED) is 0.810. The molecule has 1 aromatic rings. The number of likely N-dealkylation sites (N-methyl/N-ethyl adjacent to an activating group) is 1. The van der Waals surface area contributed by atoms with E-state index in [1.807, 2.05) is 0 Å². The van der Waals surface area contributed by atoms with Gasteiger partial charge >= 0.3 is 5.97 Å². The Hall–Kier alpha value is -1.53. The van der Waals surface area contributed by atoms with Crippen molar-refractivity contribution in [2.45, 2.75) is 13.0 Å². The van der Waals surface area contributed by atoms with Crippen molar-refractivity contribution in [3.8, 4) is 0 Å². The van der Waals surface area contributed by atoms with Gasteiger partial charge in [-0.2, -0.15) is 0 Å². The first kappa shape index (κ1) is 16.5. The van der Waals surface area contributed by atoms with Crippen LogP contribution in [0.4, 0.5) is 8.78 Å². The molecule has 112 valence electrons. The number of aliphatic hydroxyl groups is 1. The van der Waals surface area contributed by atoms with Crippen LogP contribution in [0.2, 0.25) is 0 Å². The fourth-order valence-corrected chi connectivity index (χ4v) is 2.03. The van der Waals surface area contributed by atoms with Gasteiger partial charge in [0.05, 0.1) is 24.7 Å². The van der Waals surface area contributed by atoms with Crippen molar-refractivity contribution in [2.75, 3.05) is 27.2 Å². The molecular weight excluding hydrogens is 268 g/mol. The van der Waals surface area contributed by atoms with E-state index in [4.69, 9.17) is 0 Å². The minimum Gasteiger partial charge on any atom is -0.469 e. The number of rotatable bonds is 6. The summed E-state index contributed by atoms with van der Waals surface area (Å²) in [6.07, 6.45) is -1.30. The zero-order valence-electron chi connectivity index (χ0n) is 11.8. The molecule has 0 radical (unpaired) electrons. The monoisotopic (exact) mass is 287 g/mol. The molecule has 0 aliphatic carbocycles. The second kappa shape index (κ2) is 7.31. The molecule has 0 aliphatic rings. The zero-order chi connectivity index (χ0) is 15.3. The van der Waals surface area contributed by atoms with Crippen molar-refractivity contribution in [3.05, 3.63) is 35.4 Å². The highest BCUT2D eigenvalue weighted by atomic mass is 19.1. The maximum atomic E-state index is 13.5. The third-order valence-electron chi connectivity index (χ3n) is 3.01. The summed E-state index contributed by atoms with van der Waals surface area (Å²) in [5, 5.41) is 9.92. The van der Waals surface area contributed by atoms with Gasteiger partial charge in [-0.25, -0.2) is 8.78 Å². The summed E-state index contributed by atoms with van der Waals surface area (Å²) < 4.78 is 31.6. The molecular formula is C14H19F2NO3. The first-order valence-corrected chi connectivity index (χ1v) is 6.25. The number of methoxy groups -OCH3 is 1. The Morgan fingerprint density at radius 3 is 2.40 bits per heavy atom. The van der Waals surface area contributed by atoms with Crippen molar-refractivity contribution >= 4 is 5.97 Å². The lowest BCUT2D eigenvalue weighted by atomic mass is 10.1. The van der Waals surface area contributed by atoms with Crippen LogP contribution < -0.4 is 0 Å². The van der Waals surface area contributed by atoms with Crippen LogP contribution in [-0.4, -0.2) is 43.2 Å². The van der Waals surface area contributed by atoms with E-state index in [-0.39, 0.29) is 24.0 Å². The van der Waals surface area contributed by atoms with E-state index >= 15 is 0 Å². The fraction of sp³-hybridized carbons (Fsp3) is 0.500. The minimum atomic E-state index is -1.30. The highest BCUT2D eigenvalue weighted by Gasteiger charge is 2.21. The van der Waals surface area contributed by atoms with Gasteiger partial charge in [0.2, 0.25) is 0 Å². The average Bonchev–Trinajstić information content (AvgIpc) is 2.37. The normalized spacial score (nSPS) is 14.2. The van der Waals surface area contributed by atoms with Crippen LogP contribution in [0.3, 0.4) is 0 Å². The van der Waals surface area contributed by atoms with Crippen molar-refractivity contribution < 1.29 is 23.4 Å². The molecule has 0 aliphatic heterocycles. The number of hydrogen-bond donors (Lipinski definition) is 1. The SMILES string of the molecule is COC(=O)C(C)CN(C)CC(O)c1c(F)cccc1F. The summed E-state index contributed by atoms with van der Waals surface area (Å²) in [6.45, 7) is 2.01. The van der Waals surface area contributed by atoms with Gasteiger partial charge in [0.15, 0.2) is 0 Å². The fourth-order valence-electron chi connectivity index (χ4n) is 2.03. The lowest BCUT2D eigenvalue weighted by Crippen LogP contribution is -2.32. The molecule has 20 heavy (non-hydrogen) atoms. The largest absolute Gasteiger partial charge is 0.469 e. The standard InChI is InChI=1S/C14H19F2NO3/c1-9(14(19)20-3)7-17(2)8-12(18)13-10(15)5-4-6-11(13)16/h4-6,9,12,18H,7-8H2,1-3H3. The Morgan fingerprint density at radius 1 is 1.35 bits per heavy atom. The average molecular weight is 287 g/mol. The molecule has 1 aromatic carbocycles. The zero-order valence-corrected chi connectivity index (χ0v) is 11.8. The van der Waals surface area contributed by atoms with Crippen LogP contribution in [0, 0.1) is 17.6 Å². The molecule has 6 heteroatoms. The molecule has 0 aromatic heterocycles. The number of ether oxygens (including phenoxy) is 1. The molecule has 0 spiro atoms. The van der Waals surface area contributed by atoms with Crippen LogP contribution in [-0.2, 0) is 9.53 Å². The van der Waals surface area contributed by atoms with Crippen LogP contribution in [0.5, 0.6) is 0 Å². The molecule has 0 amide bonds. The van der Waals surface area contributed by atoms with Gasteiger partial charge in [-0.05, 0) is 19.2 Å².